The van der Waals surface area contributed by atoms with Crippen LogP contribution >= 0.6 is 0 Å². The van der Waals surface area contributed by atoms with E-state index in [1.165, 1.54) is 12.1 Å². The Hall–Kier alpha value is -2.66. The summed E-state index contributed by atoms with van der Waals surface area (Å²) in [5.74, 6) is -0.386. The summed E-state index contributed by atoms with van der Waals surface area (Å²) in [4.78, 5) is 15.0. The van der Waals surface area contributed by atoms with Crippen molar-refractivity contribution in [2.75, 3.05) is 19.6 Å². The fourth-order valence-electron chi connectivity index (χ4n) is 3.48. The number of rotatable bonds is 7. The summed E-state index contributed by atoms with van der Waals surface area (Å²) in [6.45, 7) is 8.23. The van der Waals surface area contributed by atoms with E-state index in [4.69, 9.17) is 4.42 Å². The molecule has 3 aromatic rings. The summed E-state index contributed by atoms with van der Waals surface area (Å²) in [5.41, 5.74) is 2.33. The van der Waals surface area contributed by atoms with Crippen LogP contribution < -0.4 is 5.32 Å². The van der Waals surface area contributed by atoms with Crippen LogP contribution in [0.15, 0.2) is 52.9 Å². The van der Waals surface area contributed by atoms with Gasteiger partial charge in [-0.2, -0.15) is 0 Å². The molecule has 1 heterocycles. The number of nitrogens with zero attached hydrogens (tertiary/aromatic N) is 1. The zero-order chi connectivity index (χ0) is 19.4. The summed E-state index contributed by atoms with van der Waals surface area (Å²) in [6, 6.07) is 14.5. The molecular weight excluding hydrogens is 343 g/mol. The maximum absolute atomic E-state index is 13.5. The second kappa shape index (κ2) is 8.35. The lowest BCUT2D eigenvalue weighted by Gasteiger charge is -2.30. The van der Waals surface area contributed by atoms with Crippen molar-refractivity contribution in [2.24, 2.45) is 0 Å². The average molecular weight is 368 g/mol. The van der Waals surface area contributed by atoms with E-state index >= 15 is 0 Å². The number of amides is 1. The summed E-state index contributed by atoms with van der Waals surface area (Å²) in [6.07, 6.45) is 0. The zero-order valence-corrected chi connectivity index (χ0v) is 16.0. The number of furan rings is 1. The van der Waals surface area contributed by atoms with Gasteiger partial charge in [0.2, 0.25) is 0 Å². The number of halogens is 1. The van der Waals surface area contributed by atoms with E-state index in [9.17, 15) is 9.18 Å². The molecule has 1 atom stereocenters. The maximum Gasteiger partial charge on any atom is 0.287 e. The van der Waals surface area contributed by atoms with E-state index in [2.05, 4.69) is 36.2 Å². The standard InChI is InChI=1S/C22H25FN2O2/c1-4-25(5-2)19(16-9-7-6-8-10-16)14-24-22(26)21-15(3)18-13-17(23)11-12-20(18)27-21/h6-13,19H,4-5,14H2,1-3H3,(H,24,26). The number of hydrogen-bond acceptors (Lipinski definition) is 3. The molecule has 0 aliphatic carbocycles. The molecule has 0 saturated carbocycles. The normalized spacial score (nSPS) is 12.5. The highest BCUT2D eigenvalue weighted by Crippen LogP contribution is 2.26. The molecule has 4 nitrogen and oxygen atoms in total. The van der Waals surface area contributed by atoms with Crippen molar-refractivity contribution >= 4 is 16.9 Å². The molecule has 0 spiro atoms. The Morgan fingerprint density at radius 1 is 1.15 bits per heavy atom. The monoisotopic (exact) mass is 368 g/mol. The molecule has 0 fully saturated rings. The van der Waals surface area contributed by atoms with E-state index in [0.29, 0.717) is 23.1 Å². The van der Waals surface area contributed by atoms with Crippen LogP contribution in [-0.2, 0) is 0 Å². The molecule has 0 radical (unpaired) electrons. The Labute approximate surface area is 159 Å². The molecule has 2 aromatic carbocycles. The van der Waals surface area contributed by atoms with Crippen LogP contribution in [0.4, 0.5) is 4.39 Å². The van der Waals surface area contributed by atoms with Gasteiger partial charge < -0.3 is 9.73 Å². The van der Waals surface area contributed by atoms with Crippen LogP contribution in [0.2, 0.25) is 0 Å². The molecule has 0 aliphatic heterocycles. The molecule has 0 aliphatic rings. The van der Waals surface area contributed by atoms with Crippen molar-refractivity contribution in [1.29, 1.82) is 0 Å². The Morgan fingerprint density at radius 3 is 2.52 bits per heavy atom. The summed E-state index contributed by atoms with van der Waals surface area (Å²) < 4.78 is 19.2. The van der Waals surface area contributed by atoms with Crippen molar-refractivity contribution in [3.8, 4) is 0 Å². The maximum atomic E-state index is 13.5. The Kier molecular flexibility index (Phi) is 5.91. The molecule has 0 saturated heterocycles. The van der Waals surface area contributed by atoms with Gasteiger partial charge in [-0.25, -0.2) is 4.39 Å². The average Bonchev–Trinajstić information content (AvgIpc) is 3.02. The molecule has 3 rings (SSSR count). The second-order valence-corrected chi connectivity index (χ2v) is 6.55. The molecule has 1 aromatic heterocycles. The van der Waals surface area contributed by atoms with Crippen LogP contribution in [0.5, 0.6) is 0 Å². The molecule has 0 bridgehead atoms. The Morgan fingerprint density at radius 2 is 1.85 bits per heavy atom. The quantitative estimate of drug-likeness (QED) is 0.658. The zero-order valence-electron chi connectivity index (χ0n) is 16.0. The van der Waals surface area contributed by atoms with Gasteiger partial charge >= 0.3 is 0 Å². The molecule has 1 unspecified atom stereocenters. The summed E-state index contributed by atoms with van der Waals surface area (Å²) >= 11 is 0. The third-order valence-corrected chi connectivity index (χ3v) is 5.00. The summed E-state index contributed by atoms with van der Waals surface area (Å²) in [5, 5.41) is 3.62. The second-order valence-electron chi connectivity index (χ2n) is 6.55. The van der Waals surface area contributed by atoms with Gasteiger partial charge in [0, 0.05) is 17.5 Å². The molecule has 27 heavy (non-hydrogen) atoms. The third kappa shape index (κ3) is 4.03. The molecular formula is C22H25FN2O2. The lowest BCUT2D eigenvalue weighted by atomic mass is 10.0. The van der Waals surface area contributed by atoms with Crippen molar-refractivity contribution in [2.45, 2.75) is 26.8 Å². The number of likely N-dealkylation sites (N-methyl/N-ethyl adjacent to an activating group) is 1. The van der Waals surface area contributed by atoms with Gasteiger partial charge in [-0.05, 0) is 43.8 Å². The third-order valence-electron chi connectivity index (χ3n) is 5.00. The summed E-state index contributed by atoms with van der Waals surface area (Å²) in [7, 11) is 0. The molecule has 5 heteroatoms. The van der Waals surface area contributed by atoms with Gasteiger partial charge in [-0.15, -0.1) is 0 Å². The SMILES string of the molecule is CCN(CC)C(CNC(=O)c1oc2ccc(F)cc2c1C)c1ccccc1. The predicted octanol–water partition coefficient (Wildman–Crippen LogP) is 4.69. The van der Waals surface area contributed by atoms with Crippen molar-refractivity contribution < 1.29 is 13.6 Å². The van der Waals surface area contributed by atoms with Crippen LogP contribution in [0, 0.1) is 12.7 Å². The highest BCUT2D eigenvalue weighted by Gasteiger charge is 2.22. The minimum absolute atomic E-state index is 0.0762. The first-order chi connectivity index (χ1) is 13.0. The number of benzene rings is 2. The van der Waals surface area contributed by atoms with Crippen LogP contribution in [0.25, 0.3) is 11.0 Å². The van der Waals surface area contributed by atoms with E-state index in [1.807, 2.05) is 18.2 Å². The highest BCUT2D eigenvalue weighted by atomic mass is 19.1. The number of fused-ring (bicyclic) bond motifs is 1. The van der Waals surface area contributed by atoms with E-state index < -0.39 is 0 Å². The van der Waals surface area contributed by atoms with E-state index in [0.717, 1.165) is 18.7 Å². The van der Waals surface area contributed by atoms with Gasteiger partial charge in [-0.1, -0.05) is 44.2 Å². The first kappa shape index (κ1) is 19.1. The first-order valence-electron chi connectivity index (χ1n) is 9.31. The fraction of sp³-hybridized carbons (Fsp3) is 0.318. The minimum Gasteiger partial charge on any atom is -0.451 e. The van der Waals surface area contributed by atoms with Gasteiger partial charge in [-0.3, -0.25) is 9.69 Å². The van der Waals surface area contributed by atoms with Crippen LogP contribution in [0.1, 0.15) is 41.6 Å². The largest absolute Gasteiger partial charge is 0.451 e. The Bertz CT molecular complexity index is 917. The Balaban J connectivity index is 1.81. The van der Waals surface area contributed by atoms with E-state index in [-0.39, 0.29) is 23.5 Å². The minimum atomic E-state index is -0.343. The van der Waals surface area contributed by atoms with Crippen molar-refractivity contribution in [3.05, 3.63) is 71.2 Å². The molecule has 1 amide bonds. The lowest BCUT2D eigenvalue weighted by Crippen LogP contribution is -2.38. The van der Waals surface area contributed by atoms with Gasteiger partial charge in [0.15, 0.2) is 5.76 Å². The highest BCUT2D eigenvalue weighted by molar-refractivity contribution is 5.98. The van der Waals surface area contributed by atoms with Gasteiger partial charge in [0.1, 0.15) is 11.4 Å². The number of aryl methyl sites for hydroxylation is 1. The number of nitrogens with one attached hydrogen (secondary N) is 1. The number of carbonyl (C=O) groups is 1. The first-order valence-corrected chi connectivity index (χ1v) is 9.31. The van der Waals surface area contributed by atoms with Crippen LogP contribution in [0.3, 0.4) is 0 Å². The van der Waals surface area contributed by atoms with Crippen LogP contribution in [-0.4, -0.2) is 30.4 Å². The number of hydrogen-bond donors (Lipinski definition) is 1. The predicted molar refractivity (Wildman–Crippen MR) is 105 cm³/mol. The van der Waals surface area contributed by atoms with E-state index in [1.54, 1.807) is 13.0 Å². The van der Waals surface area contributed by atoms with Gasteiger partial charge in [0.05, 0.1) is 6.04 Å². The topological polar surface area (TPSA) is 45.5 Å². The van der Waals surface area contributed by atoms with Crippen molar-refractivity contribution in [1.82, 2.24) is 10.2 Å². The van der Waals surface area contributed by atoms with Crippen molar-refractivity contribution in [3.63, 3.8) is 0 Å². The lowest BCUT2D eigenvalue weighted by molar-refractivity contribution is 0.0908. The fourth-order valence-corrected chi connectivity index (χ4v) is 3.48. The number of carbonyl (C=O) groups excluding carboxylic acids is 1. The smallest absolute Gasteiger partial charge is 0.287 e. The molecule has 1 N–H and O–H groups in total. The molecule has 142 valence electrons. The van der Waals surface area contributed by atoms with Gasteiger partial charge in [0.25, 0.3) is 5.91 Å².